The summed E-state index contributed by atoms with van der Waals surface area (Å²) in [5.41, 5.74) is 15.9. The van der Waals surface area contributed by atoms with Gasteiger partial charge < -0.3 is 16.2 Å². The predicted molar refractivity (Wildman–Crippen MR) is 117 cm³/mol. The number of nitrogen functional groups attached to an aromatic ring is 2. The van der Waals surface area contributed by atoms with Crippen molar-refractivity contribution in [1.82, 2.24) is 4.98 Å². The van der Waals surface area contributed by atoms with Crippen LogP contribution < -0.4 is 16.2 Å². The molecule has 0 saturated heterocycles. The number of ether oxygens (including phenoxy) is 1. The summed E-state index contributed by atoms with van der Waals surface area (Å²) < 4.78 is 5.84. The molecule has 2 aromatic carbocycles. The second-order valence-corrected chi connectivity index (χ2v) is 6.62. The first-order chi connectivity index (χ1) is 14.1. The Kier molecular flexibility index (Phi) is 5.07. The molecule has 1 aliphatic rings. The summed E-state index contributed by atoms with van der Waals surface area (Å²) in [6.45, 7) is 0.701. The number of anilines is 1. The maximum absolute atomic E-state index is 8.06. The number of benzene rings is 2. The lowest BCUT2D eigenvalue weighted by molar-refractivity contribution is 0.483. The van der Waals surface area contributed by atoms with Crippen molar-refractivity contribution in [2.24, 2.45) is 10.7 Å². The number of nitrogens with one attached hydrogen (secondary N) is 1. The number of nitrogens with two attached hydrogens (primary N) is 2. The minimum Gasteiger partial charge on any atom is -0.457 e. The summed E-state index contributed by atoms with van der Waals surface area (Å²) in [5.74, 6) is 1.37. The van der Waals surface area contributed by atoms with Crippen molar-refractivity contribution in [3.05, 3.63) is 84.2 Å². The average Bonchev–Trinajstić information content (AvgIpc) is 2.75. The van der Waals surface area contributed by atoms with Crippen LogP contribution in [-0.2, 0) is 0 Å². The van der Waals surface area contributed by atoms with E-state index in [9.17, 15) is 0 Å². The van der Waals surface area contributed by atoms with Gasteiger partial charge in [-0.15, -0.1) is 0 Å². The smallest absolute Gasteiger partial charge is 0.127 e. The fourth-order valence-corrected chi connectivity index (χ4v) is 3.23. The quantitative estimate of drug-likeness (QED) is 0.454. The summed E-state index contributed by atoms with van der Waals surface area (Å²) in [7, 11) is 0. The topological polar surface area (TPSA) is 110 Å². The van der Waals surface area contributed by atoms with Gasteiger partial charge in [0.1, 0.15) is 23.0 Å². The molecule has 0 atom stereocenters. The van der Waals surface area contributed by atoms with Crippen LogP contribution in [0.1, 0.15) is 17.7 Å². The van der Waals surface area contributed by atoms with Crippen LogP contribution >= 0.6 is 0 Å². The van der Waals surface area contributed by atoms with E-state index in [0.717, 1.165) is 23.4 Å². The monoisotopic (exact) mass is 383 g/mol. The highest BCUT2D eigenvalue weighted by atomic mass is 16.5. The number of nitrogens with zero attached hydrogens (tertiary/aromatic N) is 2. The van der Waals surface area contributed by atoms with E-state index in [1.807, 2.05) is 66.7 Å². The molecule has 1 aromatic heterocycles. The standard InChI is InChI=1S/C23H21N5O/c24-21-20(23(25)26)18(14-28-22(21)19-8-4-5-13-27-19)15-9-11-17(12-10-15)29-16-6-2-1-3-7-16/h1-4,6-12,14H,5,13,24H2,(H3,25,26). The van der Waals surface area contributed by atoms with Crippen LogP contribution in [0.15, 0.2) is 77.9 Å². The molecule has 6 nitrogen and oxygen atoms in total. The molecule has 0 amide bonds. The molecule has 1 aliphatic heterocycles. The summed E-state index contributed by atoms with van der Waals surface area (Å²) in [4.78, 5) is 9.00. The Labute approximate surface area is 169 Å². The fourth-order valence-electron chi connectivity index (χ4n) is 3.23. The van der Waals surface area contributed by atoms with Crippen LogP contribution in [0, 0.1) is 5.41 Å². The molecule has 29 heavy (non-hydrogen) atoms. The highest BCUT2D eigenvalue weighted by molar-refractivity contribution is 6.15. The summed E-state index contributed by atoms with van der Waals surface area (Å²) in [6, 6.07) is 17.1. The van der Waals surface area contributed by atoms with E-state index in [1.165, 1.54) is 0 Å². The Morgan fingerprint density at radius 1 is 1.00 bits per heavy atom. The second-order valence-electron chi connectivity index (χ2n) is 6.62. The zero-order chi connectivity index (χ0) is 20.2. The van der Waals surface area contributed by atoms with E-state index < -0.39 is 0 Å². The third kappa shape index (κ3) is 3.87. The third-order valence-corrected chi connectivity index (χ3v) is 4.63. The van der Waals surface area contributed by atoms with E-state index in [4.69, 9.17) is 21.6 Å². The lowest BCUT2D eigenvalue weighted by atomic mass is 9.97. The van der Waals surface area contributed by atoms with E-state index >= 15 is 0 Å². The number of aromatic nitrogens is 1. The zero-order valence-electron chi connectivity index (χ0n) is 15.8. The van der Waals surface area contributed by atoms with Crippen LogP contribution in [0.5, 0.6) is 11.5 Å². The van der Waals surface area contributed by atoms with Gasteiger partial charge in [0.15, 0.2) is 0 Å². The Balaban J connectivity index is 1.69. The molecule has 0 radical (unpaired) electrons. The molecule has 0 aliphatic carbocycles. The van der Waals surface area contributed by atoms with Gasteiger partial charge in [0.05, 0.1) is 17.0 Å². The number of pyridine rings is 1. The maximum atomic E-state index is 8.06. The van der Waals surface area contributed by atoms with Crippen molar-refractivity contribution in [2.45, 2.75) is 6.42 Å². The molecule has 0 bridgehead atoms. The van der Waals surface area contributed by atoms with Crippen molar-refractivity contribution in [3.63, 3.8) is 0 Å². The molecule has 4 rings (SSSR count). The van der Waals surface area contributed by atoms with Crippen LogP contribution in [0.25, 0.3) is 11.1 Å². The highest BCUT2D eigenvalue weighted by Gasteiger charge is 2.19. The van der Waals surface area contributed by atoms with Crippen molar-refractivity contribution in [3.8, 4) is 22.6 Å². The van der Waals surface area contributed by atoms with Gasteiger partial charge in [-0.2, -0.15) is 0 Å². The Hall–Kier alpha value is -3.93. The van der Waals surface area contributed by atoms with E-state index in [0.29, 0.717) is 34.8 Å². The summed E-state index contributed by atoms with van der Waals surface area (Å²) in [5, 5.41) is 8.06. The molecular formula is C23H21N5O. The van der Waals surface area contributed by atoms with Crippen LogP contribution in [-0.4, -0.2) is 23.1 Å². The van der Waals surface area contributed by atoms with Crippen LogP contribution in [0.3, 0.4) is 0 Å². The fraction of sp³-hybridized carbons (Fsp3) is 0.0870. The Morgan fingerprint density at radius 3 is 2.38 bits per heavy atom. The minimum absolute atomic E-state index is 0.105. The minimum atomic E-state index is -0.105. The van der Waals surface area contributed by atoms with Gasteiger partial charge in [0, 0.05) is 18.3 Å². The summed E-state index contributed by atoms with van der Waals surface area (Å²) in [6.07, 6.45) is 6.54. The van der Waals surface area contributed by atoms with Gasteiger partial charge in [-0.05, 0) is 42.3 Å². The number of amidine groups is 1. The first-order valence-corrected chi connectivity index (χ1v) is 9.31. The molecule has 0 saturated carbocycles. The number of rotatable bonds is 5. The maximum Gasteiger partial charge on any atom is 0.127 e. The van der Waals surface area contributed by atoms with Crippen molar-refractivity contribution in [1.29, 1.82) is 5.41 Å². The van der Waals surface area contributed by atoms with Gasteiger partial charge in [-0.3, -0.25) is 15.4 Å². The van der Waals surface area contributed by atoms with E-state index in [1.54, 1.807) is 6.20 Å². The van der Waals surface area contributed by atoms with Gasteiger partial charge in [-0.1, -0.05) is 36.4 Å². The predicted octanol–water partition coefficient (Wildman–Crippen LogP) is 4.16. The number of para-hydroxylation sites is 1. The normalized spacial score (nSPS) is 13.0. The van der Waals surface area contributed by atoms with Gasteiger partial charge in [0.2, 0.25) is 0 Å². The molecule has 5 N–H and O–H groups in total. The average molecular weight is 383 g/mol. The van der Waals surface area contributed by atoms with Gasteiger partial charge >= 0.3 is 0 Å². The molecule has 2 heterocycles. The van der Waals surface area contributed by atoms with Crippen molar-refractivity contribution in [2.75, 3.05) is 12.3 Å². The largest absolute Gasteiger partial charge is 0.457 e. The molecule has 0 unspecified atom stereocenters. The van der Waals surface area contributed by atoms with E-state index in [-0.39, 0.29) is 5.84 Å². The lowest BCUT2D eigenvalue weighted by Gasteiger charge is -2.16. The van der Waals surface area contributed by atoms with Crippen molar-refractivity contribution >= 4 is 17.2 Å². The molecular weight excluding hydrogens is 362 g/mol. The number of hydrogen-bond acceptors (Lipinski definition) is 5. The number of aliphatic imine (C=N–C) groups is 1. The molecule has 0 spiro atoms. The lowest BCUT2D eigenvalue weighted by Crippen LogP contribution is -2.19. The molecule has 144 valence electrons. The van der Waals surface area contributed by atoms with Crippen LogP contribution in [0.2, 0.25) is 0 Å². The Bertz CT molecular complexity index is 1100. The van der Waals surface area contributed by atoms with Crippen molar-refractivity contribution < 1.29 is 4.74 Å². The first-order valence-electron chi connectivity index (χ1n) is 9.31. The second kappa shape index (κ2) is 7.98. The molecule has 6 heteroatoms. The van der Waals surface area contributed by atoms with E-state index in [2.05, 4.69) is 9.98 Å². The van der Waals surface area contributed by atoms with Crippen LogP contribution in [0.4, 0.5) is 5.69 Å². The van der Waals surface area contributed by atoms with Gasteiger partial charge in [0.25, 0.3) is 0 Å². The SMILES string of the molecule is N=C(N)c1c(-c2ccc(Oc3ccccc3)cc2)cnc(C2=NCCC=C2)c1N. The zero-order valence-corrected chi connectivity index (χ0v) is 15.8. The molecule has 3 aromatic rings. The Morgan fingerprint density at radius 2 is 1.72 bits per heavy atom. The third-order valence-electron chi connectivity index (χ3n) is 4.63. The molecule has 0 fully saturated rings. The van der Waals surface area contributed by atoms with Gasteiger partial charge in [-0.25, -0.2) is 0 Å². The number of dihydropyridines is 1. The first kappa shape index (κ1) is 18.4. The highest BCUT2D eigenvalue weighted by Crippen LogP contribution is 2.31. The number of allylic oxidation sites excluding steroid dienone is 1. The number of hydrogen-bond donors (Lipinski definition) is 3. The summed E-state index contributed by atoms with van der Waals surface area (Å²) >= 11 is 0.